The van der Waals surface area contributed by atoms with E-state index in [0.717, 1.165) is 192 Å². The van der Waals surface area contributed by atoms with Crippen LogP contribution in [0.4, 0.5) is 17.1 Å². The molecule has 3 atom stereocenters. The maximum atomic E-state index is 13.9. The van der Waals surface area contributed by atoms with Crippen molar-refractivity contribution in [1.29, 1.82) is 0 Å². The lowest BCUT2D eigenvalue weighted by molar-refractivity contribution is -0.127. The van der Waals surface area contributed by atoms with Gasteiger partial charge in [0, 0.05) is 180 Å². The Morgan fingerprint density at radius 3 is 1.12 bits per heavy atom. The van der Waals surface area contributed by atoms with E-state index in [-0.39, 0.29) is 65.2 Å². The Morgan fingerprint density at radius 2 is 0.807 bits per heavy atom. The van der Waals surface area contributed by atoms with Gasteiger partial charge in [-0.15, -0.1) is 0 Å². The van der Waals surface area contributed by atoms with Gasteiger partial charge in [-0.2, -0.15) is 5.10 Å². The second kappa shape index (κ2) is 40.9. The second-order valence-corrected chi connectivity index (χ2v) is 31.2. The van der Waals surface area contributed by atoms with Crippen LogP contribution >= 0.6 is 0 Å². The van der Waals surface area contributed by atoms with Crippen molar-refractivity contribution in [3.63, 3.8) is 0 Å². The molecule has 4 fully saturated rings. The van der Waals surface area contributed by atoms with Crippen LogP contribution in [0.5, 0.6) is 34.5 Å². The molecule has 27 heteroatoms. The number of nitrogens with zero attached hydrogens (tertiary/aromatic N) is 10. The van der Waals surface area contributed by atoms with Crippen molar-refractivity contribution in [1.82, 2.24) is 55.5 Å². The van der Waals surface area contributed by atoms with Crippen LogP contribution < -0.4 is 59.1 Å². The predicted octanol–water partition coefficient (Wildman–Crippen LogP) is 12.1. The van der Waals surface area contributed by atoms with Gasteiger partial charge in [0.05, 0.1) is 78.8 Å². The van der Waals surface area contributed by atoms with Gasteiger partial charge >= 0.3 is 0 Å². The number of nitrogens with one attached hydrogen (secondary N) is 4. The van der Waals surface area contributed by atoms with Crippen LogP contribution in [-0.2, 0) is 24.4 Å². The molecule has 6 aliphatic heterocycles. The van der Waals surface area contributed by atoms with Crippen LogP contribution in [0, 0.1) is 5.92 Å². The molecule has 7 aliphatic rings. The maximum Gasteiger partial charge on any atom is 0.286 e. The molecule has 6 amide bonds. The number of carbonyl (C=O) groups excluding carboxylic acids is 6. The van der Waals surface area contributed by atoms with Crippen molar-refractivity contribution in [2.75, 3.05) is 175 Å². The number of anilines is 3. The molecule has 4 N–H and O–H groups in total. The number of hydrogen-bond acceptors (Lipinski definition) is 20. The maximum absolute atomic E-state index is 13.9. The molecule has 8 aromatic rings. The van der Waals surface area contributed by atoms with E-state index in [0.29, 0.717) is 105 Å². The summed E-state index contributed by atoms with van der Waals surface area (Å²) < 4.78 is 38.4. The molecule has 2 aromatic heterocycles. The molecule has 27 nitrogen and oxygen atoms in total. The lowest BCUT2D eigenvalue weighted by atomic mass is 9.85. The van der Waals surface area contributed by atoms with Gasteiger partial charge in [-0.1, -0.05) is 63.6 Å². The SMILES string of the molecule is CCN1CCN(c2cccc3c2CN([C@H](CCCNC(=O)C2CCC2)c2ccc(OC)c(OC)c2)C3=O)CC1.CCN1CCN(c2cccc3c2CN([C@H](CCCNC(=O)c2ccco2)c2ccc(OC)c(OC)c2)C3=O)CC1.CCN1CCN(c2cccc3c2CN([C@H](CCCNC(=O)c2cn[nH]c2)c2ccc(OC)c(OC)c2)C3=O)CC1. The molecule has 0 spiro atoms. The number of benzene rings is 6. The van der Waals surface area contributed by atoms with Gasteiger partial charge in [0.2, 0.25) is 5.91 Å². The summed E-state index contributed by atoms with van der Waals surface area (Å²) in [5.74, 6) is 4.18. The highest BCUT2D eigenvalue weighted by atomic mass is 16.5. The summed E-state index contributed by atoms with van der Waals surface area (Å²) in [6.07, 6.45) is 11.9. The molecular formula is C92H118N14O13. The normalized spacial score (nSPS) is 16.9. The number of fused-ring (bicyclic) bond motifs is 3. The fraction of sp³-hybridized carbons (Fsp3) is 0.467. The van der Waals surface area contributed by atoms with Gasteiger partial charge in [-0.25, -0.2) is 0 Å². The number of piperazine rings is 3. The van der Waals surface area contributed by atoms with E-state index in [1.165, 1.54) is 18.1 Å². The van der Waals surface area contributed by atoms with Crippen molar-refractivity contribution < 1.29 is 61.6 Å². The zero-order valence-electron chi connectivity index (χ0n) is 70.6. The first kappa shape index (κ1) is 85.6. The molecule has 6 aromatic carbocycles. The minimum Gasteiger partial charge on any atom is -0.493 e. The summed E-state index contributed by atoms with van der Waals surface area (Å²) in [5, 5.41) is 15.5. The Bertz CT molecular complexity index is 4540. The van der Waals surface area contributed by atoms with Gasteiger partial charge in [0.15, 0.2) is 40.3 Å². The molecule has 0 radical (unpaired) electrons. The predicted molar refractivity (Wildman–Crippen MR) is 459 cm³/mol. The van der Waals surface area contributed by atoms with Gasteiger partial charge < -0.3 is 92.9 Å². The molecule has 634 valence electrons. The molecule has 1 aliphatic carbocycles. The number of amides is 6. The Morgan fingerprint density at radius 1 is 0.445 bits per heavy atom. The fourth-order valence-electron chi connectivity index (χ4n) is 17.5. The second-order valence-electron chi connectivity index (χ2n) is 31.2. The molecule has 3 saturated heterocycles. The van der Waals surface area contributed by atoms with Crippen LogP contribution in [0.3, 0.4) is 0 Å². The summed E-state index contributed by atoms with van der Waals surface area (Å²) in [6, 6.07) is 38.7. The van der Waals surface area contributed by atoms with E-state index >= 15 is 0 Å². The Balaban J connectivity index is 0.000000155. The van der Waals surface area contributed by atoms with Crippen molar-refractivity contribution in [3.05, 3.63) is 201 Å². The quantitative estimate of drug-likeness (QED) is 0.0279. The zero-order valence-corrected chi connectivity index (χ0v) is 70.6. The number of H-pyrrole nitrogens is 1. The van der Waals surface area contributed by atoms with E-state index in [2.05, 4.69) is 94.5 Å². The van der Waals surface area contributed by atoms with Crippen molar-refractivity contribution in [2.45, 2.75) is 116 Å². The Hall–Kier alpha value is -11.3. The number of furan rings is 1. The monoisotopic (exact) mass is 1630 g/mol. The van der Waals surface area contributed by atoms with Crippen molar-refractivity contribution >= 4 is 52.5 Å². The molecule has 0 bridgehead atoms. The van der Waals surface area contributed by atoms with Gasteiger partial charge in [0.25, 0.3) is 29.5 Å². The summed E-state index contributed by atoms with van der Waals surface area (Å²) in [6.45, 7) is 24.9. The number of methoxy groups -OCH3 is 6. The Labute approximate surface area is 699 Å². The van der Waals surface area contributed by atoms with Crippen LogP contribution in [0.2, 0.25) is 0 Å². The number of aromatic nitrogens is 2. The first-order chi connectivity index (χ1) is 58.1. The van der Waals surface area contributed by atoms with Gasteiger partial charge in [-0.05, 0) is 173 Å². The van der Waals surface area contributed by atoms with E-state index in [9.17, 15) is 28.8 Å². The standard InChI is InChI=1S/C31H38N4O5.C31H42N4O4.C30H38N6O4/c1-4-33-15-17-34(18-16-33)26-9-5-8-23-24(26)21-35(31(23)37)25(22-12-13-27(38-2)29(20-22)39-3)10-6-14-32-30(36)28-11-7-19-40-28;1-4-33-16-18-34(19-17-33)27-11-6-10-24-25(27)21-35(31(24)37)26(12-7-15-32-30(36)22-8-5-9-22)23-13-14-28(38-2)29(20-23)39-3;1-4-34-13-15-35(16-14-34)26-8-5-7-23-24(26)20-36(30(23)38)25(21-10-11-27(39-2)28(17-21)40-3)9-6-12-31-29(37)22-18-32-33-19-22/h5,7-9,11-13,19-20,25H,4,6,10,14-18,21H2,1-3H3,(H,32,36);6,10-11,13-14,20,22,26H,4-5,7-9,12,15-19,21H2,1-3H3,(H,32,36);5,7-8,10-11,17-19,25H,4,6,9,12-16,20H2,1-3H3,(H,31,37)(H,32,33)/t25-;26-;25-/m111/s1. The molecule has 0 unspecified atom stereocenters. The summed E-state index contributed by atoms with van der Waals surface area (Å²) in [5.41, 5.74) is 12.6. The average molecular weight is 1630 g/mol. The van der Waals surface area contributed by atoms with Crippen molar-refractivity contribution in [3.8, 4) is 34.5 Å². The van der Waals surface area contributed by atoms with E-state index in [1.54, 1.807) is 61.0 Å². The van der Waals surface area contributed by atoms with E-state index < -0.39 is 0 Å². The number of rotatable bonds is 33. The first-order valence-corrected chi connectivity index (χ1v) is 42.3. The summed E-state index contributed by atoms with van der Waals surface area (Å²) in [7, 11) is 9.71. The highest BCUT2D eigenvalue weighted by molar-refractivity contribution is 6.02. The lowest BCUT2D eigenvalue weighted by Crippen LogP contribution is -2.46. The average Bonchev–Trinajstić information content (AvgIpc) is 1.63. The number of likely N-dealkylation sites (N-methyl/N-ethyl adjacent to an activating group) is 3. The smallest absolute Gasteiger partial charge is 0.286 e. The minimum atomic E-state index is -0.245. The number of hydrogen-bond donors (Lipinski definition) is 4. The van der Waals surface area contributed by atoms with Crippen LogP contribution in [0.25, 0.3) is 0 Å². The van der Waals surface area contributed by atoms with E-state index in [1.807, 2.05) is 106 Å². The first-order valence-electron chi connectivity index (χ1n) is 42.3. The Kier molecular flexibility index (Phi) is 29.4. The molecule has 1 saturated carbocycles. The minimum absolute atomic E-state index is 0.0310. The van der Waals surface area contributed by atoms with E-state index in [4.69, 9.17) is 32.8 Å². The third kappa shape index (κ3) is 19.9. The van der Waals surface area contributed by atoms with Gasteiger partial charge in [-0.3, -0.25) is 33.9 Å². The zero-order chi connectivity index (χ0) is 83.5. The van der Waals surface area contributed by atoms with Crippen LogP contribution in [0.15, 0.2) is 144 Å². The summed E-state index contributed by atoms with van der Waals surface area (Å²) in [4.78, 5) is 99.3. The highest BCUT2D eigenvalue weighted by Gasteiger charge is 2.41. The molecular weight excluding hydrogens is 1510 g/mol. The van der Waals surface area contributed by atoms with Crippen LogP contribution in [0.1, 0.15) is 182 Å². The van der Waals surface area contributed by atoms with Crippen LogP contribution in [-0.4, -0.2) is 236 Å². The van der Waals surface area contributed by atoms with Crippen molar-refractivity contribution in [2.24, 2.45) is 5.92 Å². The third-order valence-electron chi connectivity index (χ3n) is 24.7. The molecule has 119 heavy (non-hydrogen) atoms. The fourth-order valence-corrected chi connectivity index (χ4v) is 17.5. The molecule has 8 heterocycles. The summed E-state index contributed by atoms with van der Waals surface area (Å²) >= 11 is 0. The number of ether oxygens (including phenoxy) is 6. The number of carbonyl (C=O) groups is 6. The number of aromatic amines is 1. The highest BCUT2D eigenvalue weighted by Crippen LogP contribution is 2.45. The van der Waals surface area contributed by atoms with Gasteiger partial charge in [0.1, 0.15) is 0 Å². The third-order valence-corrected chi connectivity index (χ3v) is 24.7. The lowest BCUT2D eigenvalue weighted by Gasteiger charge is -2.36. The largest absolute Gasteiger partial charge is 0.493 e. The molecule has 15 rings (SSSR count). The topological polar surface area (TPSA) is 265 Å².